The molecule has 0 radical (unpaired) electrons. The SMILES string of the molecule is C=CC(CCN=C(N)CSC)NCc1ccc(-n2cc3cc(-c4cc(CCCC(C)N)cc(Cl)c4F)[nH]c3nc2=O)cc1. The van der Waals surface area contributed by atoms with E-state index < -0.39 is 11.5 Å². The summed E-state index contributed by atoms with van der Waals surface area (Å²) >= 11 is 7.89. The molecular formula is C32H39ClFN7OS. The summed E-state index contributed by atoms with van der Waals surface area (Å²) in [5.74, 6) is 0.862. The number of nitrogens with zero attached hydrogens (tertiary/aromatic N) is 3. The second kappa shape index (κ2) is 15.3. The molecule has 6 N–H and O–H groups in total. The lowest BCUT2D eigenvalue weighted by Gasteiger charge is -2.14. The Morgan fingerprint density at radius 1 is 1.26 bits per heavy atom. The van der Waals surface area contributed by atoms with Gasteiger partial charge in [-0.05, 0) is 80.3 Å². The van der Waals surface area contributed by atoms with Crippen LogP contribution in [0.1, 0.15) is 37.3 Å². The molecule has 2 aromatic heterocycles. The van der Waals surface area contributed by atoms with Crippen LogP contribution < -0.4 is 22.5 Å². The third-order valence-electron chi connectivity index (χ3n) is 7.13. The van der Waals surface area contributed by atoms with Crippen LogP contribution in [-0.2, 0) is 13.0 Å². The van der Waals surface area contributed by atoms with Gasteiger partial charge in [-0.1, -0.05) is 29.8 Å². The maximum Gasteiger partial charge on any atom is 0.354 e. The minimum atomic E-state index is -0.519. The first-order chi connectivity index (χ1) is 20.7. The van der Waals surface area contributed by atoms with Crippen molar-refractivity contribution in [2.45, 2.75) is 51.2 Å². The van der Waals surface area contributed by atoms with E-state index in [0.717, 1.165) is 42.6 Å². The maximum absolute atomic E-state index is 15.1. The average molecular weight is 624 g/mol. The number of aryl methyl sites for hydroxylation is 1. The first kappa shape index (κ1) is 32.5. The van der Waals surface area contributed by atoms with Gasteiger partial charge in [-0.15, -0.1) is 6.58 Å². The number of halogens is 2. The topological polar surface area (TPSA) is 127 Å². The number of benzene rings is 2. The number of hydrogen-bond donors (Lipinski definition) is 4. The molecule has 4 rings (SSSR count). The molecule has 8 nitrogen and oxygen atoms in total. The fourth-order valence-electron chi connectivity index (χ4n) is 4.81. The molecule has 2 unspecified atom stereocenters. The molecule has 2 aromatic carbocycles. The Morgan fingerprint density at radius 2 is 2.02 bits per heavy atom. The lowest BCUT2D eigenvalue weighted by molar-refractivity contribution is 0.563. The van der Waals surface area contributed by atoms with Gasteiger partial charge in [0.2, 0.25) is 0 Å². The van der Waals surface area contributed by atoms with Crippen LogP contribution in [0, 0.1) is 5.82 Å². The molecule has 43 heavy (non-hydrogen) atoms. The lowest BCUT2D eigenvalue weighted by atomic mass is 10.0. The number of nitrogens with one attached hydrogen (secondary N) is 2. The molecule has 0 aliphatic heterocycles. The van der Waals surface area contributed by atoms with Crippen molar-refractivity contribution in [3.63, 3.8) is 0 Å². The second-order valence-electron chi connectivity index (χ2n) is 10.7. The van der Waals surface area contributed by atoms with Gasteiger partial charge in [0, 0.05) is 42.3 Å². The van der Waals surface area contributed by atoms with E-state index in [2.05, 4.69) is 26.9 Å². The zero-order chi connectivity index (χ0) is 30.9. The molecule has 0 saturated carbocycles. The summed E-state index contributed by atoms with van der Waals surface area (Å²) in [6.07, 6.45) is 8.85. The Labute approximate surface area is 260 Å². The number of rotatable bonds is 15. The Morgan fingerprint density at radius 3 is 2.72 bits per heavy atom. The highest BCUT2D eigenvalue weighted by Gasteiger charge is 2.16. The summed E-state index contributed by atoms with van der Waals surface area (Å²) in [4.78, 5) is 24.7. The average Bonchev–Trinajstić information content (AvgIpc) is 3.39. The van der Waals surface area contributed by atoms with Gasteiger partial charge >= 0.3 is 5.69 Å². The smallest absolute Gasteiger partial charge is 0.354 e. The summed E-state index contributed by atoms with van der Waals surface area (Å²) in [5, 5.41) is 4.20. The quantitative estimate of drug-likeness (QED) is 0.0776. The molecule has 2 heterocycles. The minimum absolute atomic E-state index is 0.0536. The van der Waals surface area contributed by atoms with Crippen LogP contribution in [-0.4, -0.2) is 51.0 Å². The van der Waals surface area contributed by atoms with Crippen molar-refractivity contribution in [2.75, 3.05) is 18.6 Å². The Bertz CT molecular complexity index is 1630. The van der Waals surface area contributed by atoms with Crippen LogP contribution in [0.5, 0.6) is 0 Å². The minimum Gasteiger partial charge on any atom is -0.387 e. The van der Waals surface area contributed by atoms with Gasteiger partial charge in [-0.3, -0.25) is 9.56 Å². The number of H-pyrrole nitrogens is 1. The van der Waals surface area contributed by atoms with Crippen molar-refractivity contribution in [3.05, 3.63) is 93.8 Å². The molecular weight excluding hydrogens is 585 g/mol. The number of hydrogen-bond acceptors (Lipinski definition) is 6. The van der Waals surface area contributed by atoms with Crippen LogP contribution in [0.25, 0.3) is 28.0 Å². The van der Waals surface area contributed by atoms with E-state index in [1.165, 1.54) is 4.57 Å². The number of aromatic nitrogens is 3. The van der Waals surface area contributed by atoms with Gasteiger partial charge in [-0.25, -0.2) is 9.18 Å². The summed E-state index contributed by atoms with van der Waals surface area (Å²) in [6.45, 7) is 7.15. The summed E-state index contributed by atoms with van der Waals surface area (Å²) < 4.78 is 16.6. The largest absolute Gasteiger partial charge is 0.387 e. The van der Waals surface area contributed by atoms with E-state index in [9.17, 15) is 4.79 Å². The highest BCUT2D eigenvalue weighted by molar-refractivity contribution is 7.99. The number of fused-ring (bicyclic) bond motifs is 1. The highest BCUT2D eigenvalue weighted by Crippen LogP contribution is 2.31. The fraction of sp³-hybridized carbons (Fsp3) is 0.344. The third kappa shape index (κ3) is 8.79. The van der Waals surface area contributed by atoms with Crippen molar-refractivity contribution in [2.24, 2.45) is 16.5 Å². The highest BCUT2D eigenvalue weighted by atomic mass is 35.5. The first-order valence-electron chi connectivity index (χ1n) is 14.3. The molecule has 2 atom stereocenters. The van der Waals surface area contributed by atoms with Gasteiger partial charge < -0.3 is 21.8 Å². The molecule has 0 amide bonds. The second-order valence-corrected chi connectivity index (χ2v) is 11.9. The predicted octanol–water partition coefficient (Wildman–Crippen LogP) is 5.60. The first-order valence-corrected chi connectivity index (χ1v) is 16.0. The molecule has 0 saturated heterocycles. The normalized spacial score (nSPS) is 13.4. The van der Waals surface area contributed by atoms with E-state index in [1.54, 1.807) is 36.2 Å². The number of thioether (sulfide) groups is 1. The van der Waals surface area contributed by atoms with Crippen LogP contribution in [0.2, 0.25) is 5.02 Å². The number of nitrogens with two attached hydrogens (primary N) is 2. The zero-order valence-corrected chi connectivity index (χ0v) is 26.1. The Hall–Kier alpha value is -3.44. The zero-order valence-electron chi connectivity index (χ0n) is 24.6. The van der Waals surface area contributed by atoms with Crippen molar-refractivity contribution >= 4 is 40.2 Å². The van der Waals surface area contributed by atoms with Gasteiger partial charge in [-0.2, -0.15) is 16.7 Å². The van der Waals surface area contributed by atoms with E-state index >= 15 is 4.39 Å². The number of amidine groups is 1. The molecule has 0 bridgehead atoms. The van der Waals surface area contributed by atoms with Gasteiger partial charge in [0.1, 0.15) is 11.5 Å². The summed E-state index contributed by atoms with van der Waals surface area (Å²) in [5.41, 5.74) is 15.2. The molecule has 11 heteroatoms. The Kier molecular flexibility index (Phi) is 11.6. The van der Waals surface area contributed by atoms with E-state index in [1.807, 2.05) is 43.5 Å². The van der Waals surface area contributed by atoms with Crippen molar-refractivity contribution in [3.8, 4) is 16.9 Å². The molecule has 0 fully saturated rings. The fourth-order valence-corrected chi connectivity index (χ4v) is 5.43. The standard InChI is InChI=1S/C32H39ClFN7OS/c1-4-24(12-13-37-29(36)19-43-3)38-17-21-8-10-25(11-9-21)41-18-23-16-28(39-31(23)40-32(41)42)26-14-22(7-5-6-20(2)35)15-27(33)30(26)34/h4,8-11,14-16,18,20,24,38H,1,5-7,12-13,17,19,35H2,2-3H3,(H2,36,37)(H,39,40,42). The molecule has 0 aliphatic carbocycles. The van der Waals surface area contributed by atoms with E-state index in [0.29, 0.717) is 46.9 Å². The lowest BCUT2D eigenvalue weighted by Crippen LogP contribution is -2.27. The maximum atomic E-state index is 15.1. The summed E-state index contributed by atoms with van der Waals surface area (Å²) in [6, 6.07) is 13.1. The van der Waals surface area contributed by atoms with Gasteiger partial charge in [0.05, 0.1) is 22.2 Å². The monoisotopic (exact) mass is 623 g/mol. The van der Waals surface area contributed by atoms with Gasteiger partial charge in [0.25, 0.3) is 0 Å². The van der Waals surface area contributed by atoms with Crippen molar-refractivity contribution in [1.29, 1.82) is 0 Å². The van der Waals surface area contributed by atoms with Crippen LogP contribution in [0.3, 0.4) is 0 Å². The molecule has 0 spiro atoms. The summed E-state index contributed by atoms with van der Waals surface area (Å²) in [7, 11) is 0. The van der Waals surface area contributed by atoms with Crippen molar-refractivity contribution in [1.82, 2.24) is 19.9 Å². The van der Waals surface area contributed by atoms with E-state index in [-0.39, 0.29) is 17.1 Å². The van der Waals surface area contributed by atoms with E-state index in [4.69, 9.17) is 23.1 Å². The number of aliphatic imine (C=N–C) groups is 1. The third-order valence-corrected chi connectivity index (χ3v) is 7.99. The Balaban J connectivity index is 1.48. The molecule has 0 aliphatic rings. The van der Waals surface area contributed by atoms with Crippen LogP contribution >= 0.6 is 23.4 Å². The van der Waals surface area contributed by atoms with Gasteiger partial charge in [0.15, 0.2) is 5.82 Å². The van der Waals surface area contributed by atoms with Crippen LogP contribution in [0.15, 0.2) is 71.1 Å². The van der Waals surface area contributed by atoms with Crippen LogP contribution in [0.4, 0.5) is 4.39 Å². The number of aromatic amines is 1. The molecule has 228 valence electrons. The van der Waals surface area contributed by atoms with Crippen molar-refractivity contribution < 1.29 is 4.39 Å². The predicted molar refractivity (Wildman–Crippen MR) is 179 cm³/mol. The molecule has 4 aromatic rings.